The van der Waals surface area contributed by atoms with E-state index in [1.54, 1.807) is 0 Å². The number of rotatable bonds is 5. The fraction of sp³-hybridized carbons (Fsp3) is 0.889. The van der Waals surface area contributed by atoms with Gasteiger partial charge < -0.3 is 0 Å². The van der Waals surface area contributed by atoms with Crippen LogP contribution in [0.15, 0.2) is 0 Å². The summed E-state index contributed by atoms with van der Waals surface area (Å²) in [5.41, 5.74) is 0.309. The fourth-order valence-electron chi connectivity index (χ4n) is 0.654. The molecule has 13 heavy (non-hydrogen) atoms. The summed E-state index contributed by atoms with van der Waals surface area (Å²) in [7, 11) is 0. The zero-order valence-corrected chi connectivity index (χ0v) is 13.2. The first-order chi connectivity index (χ1) is 5.95. The number of ether oxygens (including phenoxy) is 1. The van der Waals surface area contributed by atoms with Gasteiger partial charge in [-0.25, -0.2) is 0 Å². The topological polar surface area (TPSA) is 38.3 Å². The molecule has 0 heterocycles. The van der Waals surface area contributed by atoms with Gasteiger partial charge in [-0.3, -0.25) is 0 Å². The first kappa shape index (κ1) is 13.4. The molecule has 0 aromatic carbocycles. The second kappa shape index (κ2) is 6.75. The molecular formula is C9H18NO2Tl. The summed E-state index contributed by atoms with van der Waals surface area (Å²) in [6.07, 6.45) is 1.02. The molecule has 3 nitrogen and oxygen atoms in total. The predicted octanol–water partition coefficient (Wildman–Crippen LogP) is 1.10. The Labute approximate surface area is 96.3 Å². The van der Waals surface area contributed by atoms with Crippen molar-refractivity contribution < 1.29 is 9.53 Å². The van der Waals surface area contributed by atoms with Crippen LogP contribution in [0.4, 0.5) is 0 Å². The Balaban J connectivity index is 3.22. The third-order valence-corrected chi connectivity index (χ3v) is 2.99. The Bertz CT molecular complexity index is 154. The summed E-state index contributed by atoms with van der Waals surface area (Å²) < 4.78 is 5.95. The minimum absolute atomic E-state index is 0.112. The molecule has 0 radical (unpaired) electrons. The van der Waals surface area contributed by atoms with Crippen LogP contribution in [0, 0.1) is 5.41 Å². The van der Waals surface area contributed by atoms with E-state index in [4.69, 9.17) is 4.74 Å². The molecule has 0 saturated heterocycles. The molecule has 74 valence electrons. The van der Waals surface area contributed by atoms with Gasteiger partial charge in [0.05, 0.1) is 0 Å². The van der Waals surface area contributed by atoms with Crippen LogP contribution in [0.25, 0.3) is 0 Å². The number of carbonyl (C=O) groups excluding carboxylic acids is 1. The molecule has 0 atom stereocenters. The fourth-order valence-corrected chi connectivity index (χ4v) is 1.22. The second-order valence-corrected chi connectivity index (χ2v) is 5.75. The molecule has 0 aromatic rings. The Hall–Kier alpha value is 0.352. The summed E-state index contributed by atoms with van der Waals surface area (Å²) in [5, 5.41) is 2.70. The van der Waals surface area contributed by atoms with Crippen molar-refractivity contribution in [2.45, 2.75) is 31.2 Å². The quantitative estimate of drug-likeness (QED) is 0.443. The molecule has 0 aromatic heterocycles. The summed E-state index contributed by atoms with van der Waals surface area (Å²) >= 11 is 0.736. The van der Waals surface area contributed by atoms with Crippen molar-refractivity contribution in [1.29, 1.82) is 0 Å². The molecule has 0 fully saturated rings. The van der Waals surface area contributed by atoms with Crippen LogP contribution >= 0.6 is 0 Å². The Morgan fingerprint density at radius 3 is 2.54 bits per heavy atom. The van der Waals surface area contributed by atoms with Crippen molar-refractivity contribution in [3.05, 3.63) is 0 Å². The number of nitrogens with one attached hydrogen (secondary N) is 1. The minimum atomic E-state index is 0.112. The third-order valence-electron chi connectivity index (χ3n) is 1.55. The molecule has 1 amide bonds. The first-order valence-electron chi connectivity index (χ1n) is 4.50. The number of hydrogen-bond donors (Lipinski definition) is 1. The molecule has 0 rings (SSSR count). The van der Waals surface area contributed by atoms with E-state index in [9.17, 15) is 4.79 Å². The van der Waals surface area contributed by atoms with Gasteiger partial charge in [-0.15, -0.1) is 0 Å². The molecular weight excluding hydrogens is 358 g/mol. The molecule has 0 aliphatic carbocycles. The Kier molecular flexibility index (Phi) is 6.94. The van der Waals surface area contributed by atoms with Crippen LogP contribution in [0.5, 0.6) is 0 Å². The molecule has 0 saturated carbocycles. The average molecular weight is 377 g/mol. The SMILES string of the molecule is CC(C)(C)CCOCNC(=O)[CH2][Tl]. The van der Waals surface area contributed by atoms with E-state index in [1.807, 2.05) is 0 Å². The first-order valence-corrected chi connectivity index (χ1v) is 7.67. The van der Waals surface area contributed by atoms with Gasteiger partial charge in [0.2, 0.25) is 0 Å². The van der Waals surface area contributed by atoms with E-state index in [-0.39, 0.29) is 5.91 Å². The van der Waals surface area contributed by atoms with Crippen LogP contribution in [0.1, 0.15) is 27.2 Å². The van der Waals surface area contributed by atoms with Crippen LogP contribution in [0.3, 0.4) is 0 Å². The second-order valence-electron chi connectivity index (χ2n) is 4.17. The monoisotopic (exact) mass is 377 g/mol. The number of carbonyl (C=O) groups is 1. The Morgan fingerprint density at radius 1 is 1.46 bits per heavy atom. The maximum absolute atomic E-state index is 10.8. The molecule has 0 unspecified atom stereocenters. The van der Waals surface area contributed by atoms with Crippen molar-refractivity contribution in [3.63, 3.8) is 0 Å². The van der Waals surface area contributed by atoms with Gasteiger partial charge in [0, 0.05) is 0 Å². The molecule has 0 spiro atoms. The van der Waals surface area contributed by atoms with Crippen molar-refractivity contribution in [1.82, 2.24) is 5.32 Å². The van der Waals surface area contributed by atoms with Crippen molar-refractivity contribution in [2.24, 2.45) is 5.41 Å². The number of hydrogen-bond acceptors (Lipinski definition) is 2. The van der Waals surface area contributed by atoms with Crippen LogP contribution in [-0.4, -0.2) is 45.0 Å². The van der Waals surface area contributed by atoms with Gasteiger partial charge in [-0.2, -0.15) is 0 Å². The molecule has 0 aliphatic rings. The van der Waals surface area contributed by atoms with Crippen molar-refractivity contribution >= 4 is 31.7 Å². The van der Waals surface area contributed by atoms with E-state index in [2.05, 4.69) is 26.1 Å². The Morgan fingerprint density at radius 2 is 2.08 bits per heavy atom. The van der Waals surface area contributed by atoms with E-state index < -0.39 is 0 Å². The summed E-state index contributed by atoms with van der Waals surface area (Å²) in [6, 6.07) is 0. The zero-order valence-electron chi connectivity index (χ0n) is 8.72. The molecule has 0 aliphatic heterocycles. The number of amides is 1. The van der Waals surface area contributed by atoms with Crippen LogP contribution in [0.2, 0.25) is 3.98 Å². The van der Waals surface area contributed by atoms with Gasteiger partial charge in [0.15, 0.2) is 0 Å². The van der Waals surface area contributed by atoms with Gasteiger partial charge in [0.1, 0.15) is 0 Å². The van der Waals surface area contributed by atoms with Crippen molar-refractivity contribution in [3.8, 4) is 0 Å². The zero-order chi connectivity index (χ0) is 10.3. The molecule has 0 bridgehead atoms. The third kappa shape index (κ3) is 10.3. The van der Waals surface area contributed by atoms with Crippen molar-refractivity contribution in [2.75, 3.05) is 13.3 Å². The van der Waals surface area contributed by atoms with Crippen LogP contribution in [-0.2, 0) is 9.53 Å². The standard InChI is InChI=1S/C9H18NO2.Tl/c1-8(11)10-7-12-6-5-9(2,3)4;/h1,5-7H2,2-4H3,(H,10,11);. The van der Waals surface area contributed by atoms with E-state index in [1.165, 1.54) is 0 Å². The summed E-state index contributed by atoms with van der Waals surface area (Å²) in [4.78, 5) is 10.8. The van der Waals surface area contributed by atoms with E-state index in [0.717, 1.165) is 32.2 Å². The van der Waals surface area contributed by atoms with Crippen LogP contribution < -0.4 is 5.32 Å². The molecule has 1 N–H and O–H groups in total. The van der Waals surface area contributed by atoms with E-state index >= 15 is 0 Å². The van der Waals surface area contributed by atoms with Gasteiger partial charge in [0.25, 0.3) is 0 Å². The maximum atomic E-state index is 10.8. The summed E-state index contributed by atoms with van der Waals surface area (Å²) in [5.74, 6) is 0.112. The predicted molar refractivity (Wildman–Crippen MR) is 53.6 cm³/mol. The van der Waals surface area contributed by atoms with Gasteiger partial charge >= 0.3 is 96.4 Å². The average Bonchev–Trinajstić information content (AvgIpc) is 2.01. The van der Waals surface area contributed by atoms with E-state index in [0.29, 0.717) is 22.7 Å². The van der Waals surface area contributed by atoms with Gasteiger partial charge in [-0.1, -0.05) is 0 Å². The normalized spacial score (nSPS) is 11.2. The molecule has 4 heteroatoms. The summed E-state index contributed by atoms with van der Waals surface area (Å²) in [6.45, 7) is 7.60. The van der Waals surface area contributed by atoms with Gasteiger partial charge in [-0.05, 0) is 0 Å².